The molecule has 0 radical (unpaired) electrons. The molecule has 1 heterocycles. The molecule has 2 rings (SSSR count). The van der Waals surface area contributed by atoms with Crippen molar-refractivity contribution in [3.8, 4) is 0 Å². The number of piperidine rings is 1. The van der Waals surface area contributed by atoms with Gasteiger partial charge in [-0.05, 0) is 24.8 Å². The first kappa shape index (κ1) is 23.8. The average molecular weight is 431 g/mol. The number of nitrogens with zero attached hydrogens (tertiary/aromatic N) is 1. The fourth-order valence-corrected chi connectivity index (χ4v) is 3.46. The van der Waals surface area contributed by atoms with Crippen LogP contribution in [0, 0.1) is 0 Å². The summed E-state index contributed by atoms with van der Waals surface area (Å²) in [5.41, 5.74) is 5.93. The van der Waals surface area contributed by atoms with E-state index >= 15 is 0 Å². The van der Waals surface area contributed by atoms with Crippen molar-refractivity contribution in [1.29, 1.82) is 0 Å². The van der Waals surface area contributed by atoms with Crippen LogP contribution in [-0.2, 0) is 30.4 Å². The van der Waals surface area contributed by atoms with E-state index in [9.17, 15) is 24.0 Å². The number of likely N-dealkylation sites (tertiary alicyclic amines) is 1. The molecule has 1 aromatic rings. The van der Waals surface area contributed by atoms with E-state index in [0.29, 0.717) is 13.0 Å². The van der Waals surface area contributed by atoms with Crippen molar-refractivity contribution in [2.24, 2.45) is 5.73 Å². The van der Waals surface area contributed by atoms with Gasteiger partial charge in [0.1, 0.15) is 12.1 Å². The van der Waals surface area contributed by atoms with E-state index in [2.05, 4.69) is 16.0 Å². The predicted molar refractivity (Wildman–Crippen MR) is 112 cm³/mol. The van der Waals surface area contributed by atoms with Crippen molar-refractivity contribution in [3.63, 3.8) is 0 Å². The Kier molecular flexibility index (Phi) is 8.98. The second-order valence-electron chi connectivity index (χ2n) is 7.45. The van der Waals surface area contributed by atoms with Gasteiger partial charge in [0.15, 0.2) is 0 Å². The molecule has 0 bridgehead atoms. The summed E-state index contributed by atoms with van der Waals surface area (Å²) in [5, 5.41) is 7.54. The first-order valence-corrected chi connectivity index (χ1v) is 10.2. The van der Waals surface area contributed by atoms with E-state index in [1.807, 2.05) is 30.3 Å². The minimum atomic E-state index is -0.909. The van der Waals surface area contributed by atoms with Crippen molar-refractivity contribution in [1.82, 2.24) is 20.9 Å². The number of rotatable bonds is 9. The highest BCUT2D eigenvalue weighted by molar-refractivity contribution is 5.94. The number of benzene rings is 1. The zero-order valence-electron chi connectivity index (χ0n) is 17.6. The number of carbonyl (C=O) groups excluding carboxylic acids is 5. The van der Waals surface area contributed by atoms with Crippen molar-refractivity contribution in [2.75, 3.05) is 19.6 Å². The average Bonchev–Trinajstić information content (AvgIpc) is 2.75. The third kappa shape index (κ3) is 7.72. The zero-order valence-corrected chi connectivity index (χ0v) is 17.6. The third-order valence-electron chi connectivity index (χ3n) is 4.94. The number of amides is 5. The van der Waals surface area contributed by atoms with Crippen LogP contribution in [0.3, 0.4) is 0 Å². The first-order chi connectivity index (χ1) is 14.8. The van der Waals surface area contributed by atoms with E-state index in [1.54, 1.807) is 0 Å². The van der Waals surface area contributed by atoms with Gasteiger partial charge in [0, 0.05) is 19.9 Å². The van der Waals surface area contributed by atoms with E-state index in [1.165, 1.54) is 11.8 Å². The second-order valence-corrected chi connectivity index (χ2v) is 7.45. The third-order valence-corrected chi connectivity index (χ3v) is 4.94. The van der Waals surface area contributed by atoms with E-state index < -0.39 is 29.8 Å². The standard InChI is InChI=1S/C21H29N5O5/c1-14(27)23-13-19(29)25-16(11-15-7-3-2-4-8-15)21(31)26-10-6-5-9-17(26)20(30)24-12-18(22)28/h2-4,7-8,16-17H,5-6,9-13H2,1H3,(H2,22,28)(H,23,27)(H,24,30)(H,25,29)/t16-,17-/m0/s1. The monoisotopic (exact) mass is 431 g/mol. The Hall–Kier alpha value is -3.43. The molecule has 1 aliphatic rings. The molecule has 0 unspecified atom stereocenters. The zero-order chi connectivity index (χ0) is 22.8. The largest absolute Gasteiger partial charge is 0.368 e. The number of nitrogens with one attached hydrogen (secondary N) is 3. The molecule has 168 valence electrons. The maximum atomic E-state index is 13.4. The molecule has 1 fully saturated rings. The van der Waals surface area contributed by atoms with Gasteiger partial charge in [-0.2, -0.15) is 0 Å². The molecule has 0 saturated carbocycles. The Labute approximate surface area is 180 Å². The van der Waals surface area contributed by atoms with E-state index in [0.717, 1.165) is 18.4 Å². The van der Waals surface area contributed by atoms with Crippen LogP contribution in [0.2, 0.25) is 0 Å². The number of hydrogen-bond donors (Lipinski definition) is 4. The summed E-state index contributed by atoms with van der Waals surface area (Å²) in [5.74, 6) is -2.37. The smallest absolute Gasteiger partial charge is 0.246 e. The molecule has 0 aliphatic carbocycles. The van der Waals surface area contributed by atoms with Gasteiger partial charge in [-0.15, -0.1) is 0 Å². The quantitative estimate of drug-likeness (QED) is 0.389. The summed E-state index contributed by atoms with van der Waals surface area (Å²) < 4.78 is 0. The molecule has 0 aromatic heterocycles. The summed E-state index contributed by atoms with van der Waals surface area (Å²) in [6.07, 6.45) is 2.17. The Morgan fingerprint density at radius 3 is 2.42 bits per heavy atom. The molecule has 0 spiro atoms. The van der Waals surface area contributed by atoms with Gasteiger partial charge < -0.3 is 26.6 Å². The van der Waals surface area contributed by atoms with Gasteiger partial charge in [-0.25, -0.2) is 0 Å². The molecule has 2 atom stereocenters. The highest BCUT2D eigenvalue weighted by atomic mass is 16.2. The Morgan fingerprint density at radius 2 is 1.77 bits per heavy atom. The summed E-state index contributed by atoms with van der Waals surface area (Å²) >= 11 is 0. The summed E-state index contributed by atoms with van der Waals surface area (Å²) in [6, 6.07) is 7.54. The maximum absolute atomic E-state index is 13.4. The molecule has 5 N–H and O–H groups in total. The maximum Gasteiger partial charge on any atom is 0.246 e. The van der Waals surface area contributed by atoms with Crippen LogP contribution in [-0.4, -0.2) is 66.2 Å². The van der Waals surface area contributed by atoms with Gasteiger partial charge in [0.25, 0.3) is 0 Å². The minimum Gasteiger partial charge on any atom is -0.368 e. The highest BCUT2D eigenvalue weighted by Gasteiger charge is 2.36. The Balaban J connectivity index is 2.17. The number of nitrogens with two attached hydrogens (primary N) is 1. The summed E-state index contributed by atoms with van der Waals surface area (Å²) in [6.45, 7) is 1.10. The molecule has 5 amide bonds. The van der Waals surface area contributed by atoms with Crippen molar-refractivity contribution in [3.05, 3.63) is 35.9 Å². The van der Waals surface area contributed by atoms with Crippen LogP contribution in [0.15, 0.2) is 30.3 Å². The van der Waals surface area contributed by atoms with Crippen LogP contribution in [0.25, 0.3) is 0 Å². The molecule has 1 saturated heterocycles. The number of primary amides is 1. The van der Waals surface area contributed by atoms with Crippen LogP contribution < -0.4 is 21.7 Å². The van der Waals surface area contributed by atoms with Gasteiger partial charge >= 0.3 is 0 Å². The Morgan fingerprint density at radius 1 is 1.06 bits per heavy atom. The molecule has 1 aliphatic heterocycles. The van der Waals surface area contributed by atoms with Crippen molar-refractivity contribution < 1.29 is 24.0 Å². The van der Waals surface area contributed by atoms with Crippen LogP contribution in [0.1, 0.15) is 31.7 Å². The lowest BCUT2D eigenvalue weighted by Gasteiger charge is -2.37. The van der Waals surface area contributed by atoms with E-state index in [-0.39, 0.29) is 31.3 Å². The molecular formula is C21H29N5O5. The van der Waals surface area contributed by atoms with Gasteiger partial charge in [0.05, 0.1) is 13.1 Å². The van der Waals surface area contributed by atoms with Crippen LogP contribution in [0.4, 0.5) is 0 Å². The van der Waals surface area contributed by atoms with E-state index in [4.69, 9.17) is 5.73 Å². The number of carbonyl (C=O) groups is 5. The Bertz CT molecular complexity index is 814. The first-order valence-electron chi connectivity index (χ1n) is 10.2. The fourth-order valence-electron chi connectivity index (χ4n) is 3.46. The molecule has 31 heavy (non-hydrogen) atoms. The van der Waals surface area contributed by atoms with Crippen molar-refractivity contribution in [2.45, 2.75) is 44.7 Å². The molecule has 10 nitrogen and oxygen atoms in total. The van der Waals surface area contributed by atoms with Crippen molar-refractivity contribution >= 4 is 29.5 Å². The lowest BCUT2D eigenvalue weighted by molar-refractivity contribution is -0.145. The molecular weight excluding hydrogens is 402 g/mol. The SMILES string of the molecule is CC(=O)NCC(=O)N[C@@H](Cc1ccccc1)C(=O)N1CCCC[C@H]1C(=O)NCC(N)=O. The fraction of sp³-hybridized carbons (Fsp3) is 0.476. The number of hydrogen-bond acceptors (Lipinski definition) is 5. The van der Waals surface area contributed by atoms with Gasteiger partial charge in [-0.3, -0.25) is 24.0 Å². The predicted octanol–water partition coefficient (Wildman–Crippen LogP) is -1.17. The summed E-state index contributed by atoms with van der Waals surface area (Å²) in [7, 11) is 0. The lowest BCUT2D eigenvalue weighted by Crippen LogP contribution is -2.59. The van der Waals surface area contributed by atoms with Crippen LogP contribution in [0.5, 0.6) is 0 Å². The van der Waals surface area contributed by atoms with Crippen LogP contribution >= 0.6 is 0 Å². The molecule has 10 heteroatoms. The highest BCUT2D eigenvalue weighted by Crippen LogP contribution is 2.19. The lowest BCUT2D eigenvalue weighted by atomic mass is 9.98. The summed E-state index contributed by atoms with van der Waals surface area (Å²) in [4.78, 5) is 61.8. The topological polar surface area (TPSA) is 151 Å². The normalized spacial score (nSPS) is 16.7. The minimum absolute atomic E-state index is 0.234. The van der Waals surface area contributed by atoms with Gasteiger partial charge in [0.2, 0.25) is 29.5 Å². The second kappa shape index (κ2) is 11.7. The van der Waals surface area contributed by atoms with Gasteiger partial charge in [-0.1, -0.05) is 30.3 Å². The molecule has 1 aromatic carbocycles.